The van der Waals surface area contributed by atoms with Crippen molar-refractivity contribution >= 4 is 11.9 Å². The summed E-state index contributed by atoms with van der Waals surface area (Å²) in [6.07, 6.45) is 10.5. The third-order valence-electron chi connectivity index (χ3n) is 5.38. The SMILES string of the molecule is C=CCOC(=O)/C=C/CC1C[C@@H](OCOC)[C@@H](C)C/C=C/Cc2cccc(C)c2C(=O)O1. The zero-order valence-corrected chi connectivity index (χ0v) is 19.3. The number of allylic oxidation sites excluding steroid dienone is 2. The first-order valence-electron chi connectivity index (χ1n) is 11.0. The number of carbonyl (C=O) groups excluding carboxylic acids is 2. The van der Waals surface area contributed by atoms with Gasteiger partial charge in [0.1, 0.15) is 19.5 Å². The van der Waals surface area contributed by atoms with Gasteiger partial charge in [0.2, 0.25) is 0 Å². The fourth-order valence-corrected chi connectivity index (χ4v) is 3.65. The van der Waals surface area contributed by atoms with Crippen molar-refractivity contribution in [1.29, 1.82) is 0 Å². The lowest BCUT2D eigenvalue weighted by atomic mass is 9.93. The number of cyclic esters (lactones) is 1. The zero-order chi connectivity index (χ0) is 23.3. The van der Waals surface area contributed by atoms with Crippen LogP contribution in [0.15, 0.2) is 55.2 Å². The lowest BCUT2D eigenvalue weighted by molar-refractivity contribution is -0.136. The summed E-state index contributed by atoms with van der Waals surface area (Å²) >= 11 is 0. The Morgan fingerprint density at radius 3 is 2.88 bits per heavy atom. The van der Waals surface area contributed by atoms with Gasteiger partial charge in [-0.15, -0.1) is 0 Å². The third kappa shape index (κ3) is 8.09. The first-order valence-corrected chi connectivity index (χ1v) is 11.0. The molecule has 3 atom stereocenters. The van der Waals surface area contributed by atoms with Crippen LogP contribution in [0.5, 0.6) is 0 Å². The van der Waals surface area contributed by atoms with E-state index < -0.39 is 12.1 Å². The predicted octanol–water partition coefficient (Wildman–Crippen LogP) is 4.71. The summed E-state index contributed by atoms with van der Waals surface area (Å²) in [4.78, 5) is 24.9. The Morgan fingerprint density at radius 2 is 2.12 bits per heavy atom. The fourth-order valence-electron chi connectivity index (χ4n) is 3.65. The van der Waals surface area contributed by atoms with Crippen LogP contribution in [-0.4, -0.2) is 44.7 Å². The molecule has 174 valence electrons. The monoisotopic (exact) mass is 442 g/mol. The summed E-state index contributed by atoms with van der Waals surface area (Å²) in [6, 6.07) is 5.82. The van der Waals surface area contributed by atoms with Crippen LogP contribution >= 0.6 is 0 Å². The number of methoxy groups -OCH3 is 1. The molecule has 6 nitrogen and oxygen atoms in total. The smallest absolute Gasteiger partial charge is 0.338 e. The maximum atomic E-state index is 13.2. The van der Waals surface area contributed by atoms with E-state index in [-0.39, 0.29) is 31.4 Å². The molecule has 0 aromatic heterocycles. The van der Waals surface area contributed by atoms with E-state index in [1.807, 2.05) is 25.1 Å². The summed E-state index contributed by atoms with van der Waals surface area (Å²) in [7, 11) is 1.58. The number of rotatable bonds is 8. The standard InChI is InChI=1S/C26H34O6/c1-5-16-30-24(27)15-9-14-22-17-23(31-18-29-4)19(2)10-6-7-12-21-13-8-11-20(3)25(21)26(28)32-22/h5-9,11,13,15,19,22-23H,1,10,12,14,16-18H2,2-4H3/b7-6+,15-9+/t19-,22?,23+/m0/s1. The van der Waals surface area contributed by atoms with E-state index in [0.717, 1.165) is 17.5 Å². The van der Waals surface area contributed by atoms with Gasteiger partial charge in [-0.2, -0.15) is 0 Å². The highest BCUT2D eigenvalue weighted by molar-refractivity contribution is 5.93. The van der Waals surface area contributed by atoms with Crippen LogP contribution in [0.2, 0.25) is 0 Å². The summed E-state index contributed by atoms with van der Waals surface area (Å²) in [5, 5.41) is 0. The molecule has 6 heteroatoms. The zero-order valence-electron chi connectivity index (χ0n) is 19.3. The van der Waals surface area contributed by atoms with Crippen LogP contribution in [-0.2, 0) is 30.2 Å². The molecule has 0 saturated heterocycles. The average Bonchev–Trinajstić information content (AvgIpc) is 2.76. The van der Waals surface area contributed by atoms with Crippen molar-refractivity contribution in [1.82, 2.24) is 0 Å². The van der Waals surface area contributed by atoms with E-state index in [1.165, 1.54) is 12.2 Å². The summed E-state index contributed by atoms with van der Waals surface area (Å²) in [5.74, 6) is -0.630. The van der Waals surface area contributed by atoms with E-state index in [2.05, 4.69) is 25.7 Å². The second kappa shape index (κ2) is 13.7. The van der Waals surface area contributed by atoms with Crippen LogP contribution in [0.3, 0.4) is 0 Å². The van der Waals surface area contributed by atoms with E-state index in [4.69, 9.17) is 18.9 Å². The first kappa shape index (κ1) is 25.6. The van der Waals surface area contributed by atoms with Crippen molar-refractivity contribution in [2.75, 3.05) is 20.5 Å². The minimum absolute atomic E-state index is 0.148. The van der Waals surface area contributed by atoms with Gasteiger partial charge in [-0.1, -0.05) is 56.0 Å². The van der Waals surface area contributed by atoms with Gasteiger partial charge in [0, 0.05) is 26.0 Å². The molecule has 0 aliphatic carbocycles. The number of aryl methyl sites for hydroxylation is 1. The molecule has 0 N–H and O–H groups in total. The van der Waals surface area contributed by atoms with E-state index in [9.17, 15) is 9.59 Å². The van der Waals surface area contributed by atoms with E-state index >= 15 is 0 Å². The highest BCUT2D eigenvalue weighted by Gasteiger charge is 2.26. The summed E-state index contributed by atoms with van der Waals surface area (Å²) in [6.45, 7) is 7.85. The van der Waals surface area contributed by atoms with Crippen LogP contribution < -0.4 is 0 Å². The maximum Gasteiger partial charge on any atom is 0.338 e. The van der Waals surface area contributed by atoms with Crippen LogP contribution in [0.25, 0.3) is 0 Å². The number of hydrogen-bond acceptors (Lipinski definition) is 6. The number of esters is 2. The first-order chi connectivity index (χ1) is 15.5. The van der Waals surface area contributed by atoms with Gasteiger partial charge in [0.05, 0.1) is 11.7 Å². The molecule has 1 heterocycles. The van der Waals surface area contributed by atoms with E-state index in [0.29, 0.717) is 24.8 Å². The largest absolute Gasteiger partial charge is 0.458 e. The number of carbonyl (C=O) groups is 2. The van der Waals surface area contributed by atoms with Crippen LogP contribution in [0.1, 0.15) is 47.7 Å². The van der Waals surface area contributed by atoms with Gasteiger partial charge >= 0.3 is 11.9 Å². The molecule has 32 heavy (non-hydrogen) atoms. The Bertz CT molecular complexity index is 826. The van der Waals surface area contributed by atoms with Gasteiger partial charge in [-0.25, -0.2) is 9.59 Å². The minimum Gasteiger partial charge on any atom is -0.458 e. The Hall–Kier alpha value is -2.70. The van der Waals surface area contributed by atoms with Gasteiger partial charge in [-0.05, 0) is 36.8 Å². The molecule has 1 aromatic rings. The van der Waals surface area contributed by atoms with Crippen LogP contribution in [0, 0.1) is 12.8 Å². The molecule has 1 aromatic carbocycles. The lowest BCUT2D eigenvalue weighted by Gasteiger charge is -2.28. The highest BCUT2D eigenvalue weighted by Crippen LogP contribution is 2.25. The molecule has 0 radical (unpaired) electrons. The van der Waals surface area contributed by atoms with Crippen molar-refractivity contribution in [3.63, 3.8) is 0 Å². The van der Waals surface area contributed by atoms with Gasteiger partial charge < -0.3 is 18.9 Å². The molecule has 0 saturated carbocycles. The molecule has 1 unspecified atom stereocenters. The van der Waals surface area contributed by atoms with Gasteiger partial charge in [0.15, 0.2) is 0 Å². The van der Waals surface area contributed by atoms with E-state index in [1.54, 1.807) is 13.2 Å². The second-order valence-electron chi connectivity index (χ2n) is 7.93. The Morgan fingerprint density at radius 1 is 1.31 bits per heavy atom. The van der Waals surface area contributed by atoms with Gasteiger partial charge in [-0.3, -0.25) is 0 Å². The summed E-state index contributed by atoms with van der Waals surface area (Å²) in [5.41, 5.74) is 2.41. The fraction of sp³-hybridized carbons (Fsp3) is 0.462. The van der Waals surface area contributed by atoms with Crippen molar-refractivity contribution in [2.24, 2.45) is 5.92 Å². The second-order valence-corrected chi connectivity index (χ2v) is 7.93. The topological polar surface area (TPSA) is 71.1 Å². The average molecular weight is 443 g/mol. The third-order valence-corrected chi connectivity index (χ3v) is 5.38. The highest BCUT2D eigenvalue weighted by atomic mass is 16.7. The van der Waals surface area contributed by atoms with Crippen molar-refractivity contribution in [2.45, 2.75) is 51.7 Å². The normalized spacial score (nSPS) is 22.8. The van der Waals surface area contributed by atoms with Crippen LogP contribution in [0.4, 0.5) is 0 Å². The molecular weight excluding hydrogens is 408 g/mol. The van der Waals surface area contributed by atoms with Crippen molar-refractivity contribution < 1.29 is 28.5 Å². The number of benzene rings is 1. The number of hydrogen-bond donors (Lipinski definition) is 0. The van der Waals surface area contributed by atoms with Crippen molar-refractivity contribution in [3.8, 4) is 0 Å². The molecule has 0 fully saturated rings. The maximum absolute atomic E-state index is 13.2. The van der Waals surface area contributed by atoms with Crippen molar-refractivity contribution in [3.05, 3.63) is 71.8 Å². The molecule has 1 aliphatic rings. The molecule has 1 aliphatic heterocycles. The lowest BCUT2D eigenvalue weighted by Crippen LogP contribution is -2.31. The quantitative estimate of drug-likeness (QED) is 0.251. The molecule has 2 rings (SSSR count). The number of ether oxygens (including phenoxy) is 4. The predicted molar refractivity (Wildman–Crippen MR) is 123 cm³/mol. The molecular formula is C26H34O6. The molecule has 0 amide bonds. The minimum atomic E-state index is -0.467. The Labute approximate surface area is 190 Å². The summed E-state index contributed by atoms with van der Waals surface area (Å²) < 4.78 is 21.9. The molecule has 0 spiro atoms. The number of fused-ring (bicyclic) bond motifs is 1. The molecule has 0 bridgehead atoms. The van der Waals surface area contributed by atoms with Gasteiger partial charge in [0.25, 0.3) is 0 Å². The Kier molecular flexibility index (Phi) is 10.9. The Balaban J connectivity index is 2.28.